The van der Waals surface area contributed by atoms with E-state index in [4.69, 9.17) is 11.6 Å². The summed E-state index contributed by atoms with van der Waals surface area (Å²) in [4.78, 5) is 12.4. The third-order valence-corrected chi connectivity index (χ3v) is 8.95. The Morgan fingerprint density at radius 3 is 1.09 bits per heavy atom. The number of halogens is 1. The molecule has 0 unspecified atom stereocenters. The molecule has 0 saturated carbocycles. The van der Waals surface area contributed by atoms with E-state index in [1.807, 2.05) is 91.0 Å². The molecular formula is C19H16ClOP. The van der Waals surface area contributed by atoms with Crippen molar-refractivity contribution in [2.45, 2.75) is 0 Å². The van der Waals surface area contributed by atoms with E-state index < -0.39 is 7.26 Å². The van der Waals surface area contributed by atoms with Gasteiger partial charge in [-0.15, -0.1) is 0 Å². The van der Waals surface area contributed by atoms with Crippen LogP contribution in [0.1, 0.15) is 0 Å². The maximum atomic E-state index is 12.7. The van der Waals surface area contributed by atoms with Gasteiger partial charge in [0.1, 0.15) is 0 Å². The summed E-state index contributed by atoms with van der Waals surface area (Å²) in [6, 6.07) is 29.7. The van der Waals surface area contributed by atoms with Gasteiger partial charge in [-0.3, -0.25) is 0 Å². The van der Waals surface area contributed by atoms with Crippen LogP contribution >= 0.6 is 18.9 Å². The number of benzene rings is 3. The van der Waals surface area contributed by atoms with Gasteiger partial charge in [-0.05, 0) is 0 Å². The molecule has 110 valence electrons. The second-order valence-corrected chi connectivity index (χ2v) is 9.47. The SMILES string of the molecule is O=C(Cl)[PH](c1ccccc1)(c1ccccc1)c1ccccc1. The van der Waals surface area contributed by atoms with Crippen molar-refractivity contribution in [2.24, 2.45) is 0 Å². The van der Waals surface area contributed by atoms with Gasteiger partial charge in [-0.2, -0.15) is 0 Å². The monoisotopic (exact) mass is 326 g/mol. The molecule has 0 atom stereocenters. The van der Waals surface area contributed by atoms with Gasteiger partial charge in [0.2, 0.25) is 0 Å². The molecular weight excluding hydrogens is 311 g/mol. The summed E-state index contributed by atoms with van der Waals surface area (Å²) in [6.07, 6.45) is 0. The van der Waals surface area contributed by atoms with Gasteiger partial charge in [0.15, 0.2) is 0 Å². The first-order valence-corrected chi connectivity index (χ1v) is 9.50. The van der Waals surface area contributed by atoms with Gasteiger partial charge < -0.3 is 0 Å². The molecule has 0 heterocycles. The Labute approximate surface area is 135 Å². The average molecular weight is 327 g/mol. The van der Waals surface area contributed by atoms with Crippen molar-refractivity contribution < 1.29 is 4.79 Å². The Morgan fingerprint density at radius 2 is 0.864 bits per heavy atom. The van der Waals surface area contributed by atoms with Crippen molar-refractivity contribution in [1.82, 2.24) is 0 Å². The summed E-state index contributed by atoms with van der Waals surface area (Å²) >= 11 is 6.23. The number of carbonyl (C=O) groups excluding carboxylic acids is 1. The van der Waals surface area contributed by atoms with Gasteiger partial charge in [-0.25, -0.2) is 0 Å². The van der Waals surface area contributed by atoms with E-state index in [1.54, 1.807) is 0 Å². The van der Waals surface area contributed by atoms with Crippen LogP contribution in [0.15, 0.2) is 91.0 Å². The van der Waals surface area contributed by atoms with Crippen LogP contribution in [0.2, 0.25) is 0 Å². The molecule has 0 radical (unpaired) electrons. The zero-order valence-corrected chi connectivity index (χ0v) is 13.7. The van der Waals surface area contributed by atoms with Crippen molar-refractivity contribution in [3.05, 3.63) is 91.0 Å². The second-order valence-electron chi connectivity index (χ2n) is 5.12. The Bertz CT molecular complexity index is 661. The first-order chi connectivity index (χ1) is 10.8. The molecule has 0 fully saturated rings. The van der Waals surface area contributed by atoms with E-state index in [1.165, 1.54) is 0 Å². The van der Waals surface area contributed by atoms with Crippen LogP contribution in [0.4, 0.5) is 4.79 Å². The minimum atomic E-state index is -2.87. The van der Waals surface area contributed by atoms with E-state index in [2.05, 4.69) is 0 Å². The molecule has 3 rings (SSSR count). The Balaban J connectivity index is 2.37. The second kappa shape index (κ2) is 6.44. The van der Waals surface area contributed by atoms with E-state index in [0.29, 0.717) is 0 Å². The topological polar surface area (TPSA) is 17.1 Å². The molecule has 0 amide bonds. The van der Waals surface area contributed by atoms with Crippen LogP contribution in [-0.4, -0.2) is 4.98 Å². The fraction of sp³-hybridized carbons (Fsp3) is 0. The normalized spacial score (nSPS) is 11.9. The van der Waals surface area contributed by atoms with Gasteiger partial charge in [-0.1, -0.05) is 0 Å². The molecule has 0 saturated heterocycles. The number of rotatable bonds is 4. The van der Waals surface area contributed by atoms with Crippen LogP contribution in [0, 0.1) is 0 Å². The van der Waals surface area contributed by atoms with E-state index in [0.717, 1.165) is 15.9 Å². The summed E-state index contributed by atoms with van der Waals surface area (Å²) in [5, 5.41) is 3.02. The first-order valence-electron chi connectivity index (χ1n) is 7.13. The van der Waals surface area contributed by atoms with Crippen LogP contribution in [-0.2, 0) is 0 Å². The first kappa shape index (κ1) is 15.0. The summed E-state index contributed by atoms with van der Waals surface area (Å²) in [6.45, 7) is 0. The Hall–Kier alpha value is -1.95. The molecule has 3 aromatic carbocycles. The van der Waals surface area contributed by atoms with Gasteiger partial charge in [0.25, 0.3) is 0 Å². The summed E-state index contributed by atoms with van der Waals surface area (Å²) in [5.41, 5.74) is 0. The molecule has 0 spiro atoms. The quantitative estimate of drug-likeness (QED) is 0.522. The van der Waals surface area contributed by atoms with Crippen LogP contribution in [0.3, 0.4) is 0 Å². The fourth-order valence-corrected chi connectivity index (χ4v) is 7.65. The minimum absolute atomic E-state index is 0.267. The molecule has 0 aliphatic carbocycles. The van der Waals surface area contributed by atoms with E-state index >= 15 is 0 Å². The average Bonchev–Trinajstić information content (AvgIpc) is 2.58. The molecule has 3 heteroatoms. The predicted octanol–water partition coefficient (Wildman–Crippen LogP) is 4.07. The third-order valence-electron chi connectivity index (χ3n) is 3.92. The zero-order valence-electron chi connectivity index (χ0n) is 11.9. The van der Waals surface area contributed by atoms with Gasteiger partial charge in [0.05, 0.1) is 0 Å². The van der Waals surface area contributed by atoms with Crippen molar-refractivity contribution in [1.29, 1.82) is 0 Å². The summed E-state index contributed by atoms with van der Waals surface area (Å²) in [7, 11) is -2.87. The molecule has 0 N–H and O–H groups in total. The number of hydrogen-bond donors (Lipinski definition) is 0. The molecule has 3 aromatic rings. The number of carbonyl (C=O) groups is 1. The molecule has 0 aliphatic rings. The van der Waals surface area contributed by atoms with Crippen molar-refractivity contribution in [3.63, 3.8) is 0 Å². The van der Waals surface area contributed by atoms with Crippen LogP contribution in [0.25, 0.3) is 0 Å². The zero-order chi connectivity index (χ0) is 15.4. The van der Waals surface area contributed by atoms with E-state index in [-0.39, 0.29) is 4.98 Å². The van der Waals surface area contributed by atoms with Crippen LogP contribution in [0.5, 0.6) is 0 Å². The summed E-state index contributed by atoms with van der Waals surface area (Å²) < 4.78 is 0. The molecule has 22 heavy (non-hydrogen) atoms. The predicted molar refractivity (Wildman–Crippen MR) is 97.8 cm³/mol. The van der Waals surface area contributed by atoms with Crippen LogP contribution < -0.4 is 15.9 Å². The molecule has 1 nitrogen and oxygen atoms in total. The van der Waals surface area contributed by atoms with Crippen molar-refractivity contribution in [2.75, 3.05) is 0 Å². The van der Waals surface area contributed by atoms with Crippen molar-refractivity contribution >= 4 is 39.8 Å². The Kier molecular flexibility index (Phi) is 4.38. The Morgan fingerprint density at radius 1 is 0.591 bits per heavy atom. The molecule has 0 aromatic heterocycles. The van der Waals surface area contributed by atoms with Gasteiger partial charge >= 0.3 is 136 Å². The van der Waals surface area contributed by atoms with Crippen molar-refractivity contribution in [3.8, 4) is 0 Å². The third kappa shape index (κ3) is 2.47. The maximum absolute atomic E-state index is 12.7. The number of hydrogen-bond acceptors (Lipinski definition) is 1. The van der Waals surface area contributed by atoms with Gasteiger partial charge in [0, 0.05) is 0 Å². The van der Waals surface area contributed by atoms with E-state index in [9.17, 15) is 4.79 Å². The summed E-state index contributed by atoms with van der Waals surface area (Å²) in [5.74, 6) is 0. The standard InChI is InChI=1S/C19H16ClOP/c20-19(21)22(16-10-4-1-5-11-16,17-12-6-2-7-13-17)18-14-8-3-9-15-18/h1-15,22H. The molecule has 0 bridgehead atoms. The molecule has 0 aliphatic heterocycles. The fourth-order valence-electron chi connectivity index (χ4n) is 2.90.